The van der Waals surface area contributed by atoms with Crippen molar-refractivity contribution in [3.8, 4) is 5.75 Å². The van der Waals surface area contributed by atoms with Crippen LogP contribution in [0.3, 0.4) is 0 Å². The van der Waals surface area contributed by atoms with Crippen molar-refractivity contribution >= 4 is 24.0 Å². The van der Waals surface area contributed by atoms with Gasteiger partial charge in [-0.3, -0.25) is 4.79 Å². The maximum atomic E-state index is 13.4. The van der Waals surface area contributed by atoms with Crippen molar-refractivity contribution in [2.75, 3.05) is 33.3 Å². The van der Waals surface area contributed by atoms with E-state index in [0.29, 0.717) is 32.7 Å². The highest BCUT2D eigenvalue weighted by atomic mass is 16.6. The van der Waals surface area contributed by atoms with Gasteiger partial charge in [-0.1, -0.05) is 36.4 Å². The molecule has 5 N–H and O–H groups in total. The van der Waals surface area contributed by atoms with E-state index >= 15 is 0 Å². The zero-order chi connectivity index (χ0) is 35.3. The molecule has 0 saturated carbocycles. The Labute approximate surface area is 284 Å². The molecule has 1 aliphatic rings. The molecule has 0 aliphatic carbocycles. The largest absolute Gasteiger partial charge is 0.494 e. The van der Waals surface area contributed by atoms with Crippen LogP contribution in [0, 0.1) is 12.8 Å². The number of nitrogens with one attached hydrogen (secondary N) is 2. The van der Waals surface area contributed by atoms with Gasteiger partial charge in [-0.25, -0.2) is 14.4 Å². The summed E-state index contributed by atoms with van der Waals surface area (Å²) in [5, 5.41) is 15.0. The minimum Gasteiger partial charge on any atom is -0.494 e. The predicted octanol–water partition coefficient (Wildman–Crippen LogP) is 4.47. The number of carbonyl (C=O) groups excluding carboxylic acids is 3. The van der Waals surface area contributed by atoms with Gasteiger partial charge in [-0.15, -0.1) is 0 Å². The number of benzene rings is 2. The van der Waals surface area contributed by atoms with Crippen LogP contribution in [-0.4, -0.2) is 89.9 Å². The second-order valence-corrected chi connectivity index (χ2v) is 13.5. The third-order valence-corrected chi connectivity index (χ3v) is 8.39. The van der Waals surface area contributed by atoms with Gasteiger partial charge < -0.3 is 40.7 Å². The number of ether oxygens (including phenoxy) is 2. The Morgan fingerprint density at radius 2 is 1.79 bits per heavy atom. The molecule has 2 aromatic rings. The van der Waals surface area contributed by atoms with E-state index in [1.165, 1.54) is 4.90 Å². The summed E-state index contributed by atoms with van der Waals surface area (Å²) < 4.78 is 11.4. The molecular formula is C36H53N5O7. The van der Waals surface area contributed by atoms with Gasteiger partial charge in [0.15, 0.2) is 0 Å². The van der Waals surface area contributed by atoms with E-state index in [4.69, 9.17) is 15.2 Å². The van der Waals surface area contributed by atoms with Crippen molar-refractivity contribution in [2.45, 2.75) is 90.4 Å². The number of nitrogens with zero attached hydrogens (tertiary/aromatic N) is 2. The number of aryl methyl sites for hydroxylation is 2. The molecule has 3 rings (SSSR count). The van der Waals surface area contributed by atoms with Gasteiger partial charge >= 0.3 is 18.1 Å². The van der Waals surface area contributed by atoms with E-state index in [1.807, 2.05) is 60.4 Å². The highest BCUT2D eigenvalue weighted by Crippen LogP contribution is 2.23. The summed E-state index contributed by atoms with van der Waals surface area (Å²) in [7, 11) is 1.66. The molecule has 12 heteroatoms. The lowest BCUT2D eigenvalue weighted by atomic mass is 9.95. The fraction of sp³-hybridized carbons (Fsp3) is 0.556. The first-order valence-electron chi connectivity index (χ1n) is 16.7. The van der Waals surface area contributed by atoms with Gasteiger partial charge in [0, 0.05) is 33.2 Å². The van der Waals surface area contributed by atoms with Gasteiger partial charge in [0.1, 0.15) is 23.4 Å². The lowest BCUT2D eigenvalue weighted by Crippen LogP contribution is -2.54. The van der Waals surface area contributed by atoms with E-state index in [0.717, 1.165) is 41.7 Å². The summed E-state index contributed by atoms with van der Waals surface area (Å²) in [5.41, 5.74) is 8.15. The molecule has 3 atom stereocenters. The van der Waals surface area contributed by atoms with Gasteiger partial charge in [0.05, 0.1) is 6.61 Å². The van der Waals surface area contributed by atoms with Gasteiger partial charge in [0.2, 0.25) is 5.91 Å². The molecule has 1 unspecified atom stereocenters. The zero-order valence-corrected chi connectivity index (χ0v) is 29.0. The lowest BCUT2D eigenvalue weighted by molar-refractivity contribution is -0.142. The number of likely N-dealkylation sites (tertiary alicyclic amines) is 1. The van der Waals surface area contributed by atoms with Gasteiger partial charge in [-0.05, 0) is 101 Å². The van der Waals surface area contributed by atoms with Crippen molar-refractivity contribution < 1.29 is 33.8 Å². The molecule has 264 valence electrons. The van der Waals surface area contributed by atoms with Gasteiger partial charge in [-0.2, -0.15) is 0 Å². The average molecular weight is 668 g/mol. The number of alkyl carbamates (subject to hydrolysis) is 1. The maximum absolute atomic E-state index is 13.4. The number of carbonyl (C=O) groups is 4. The third-order valence-electron chi connectivity index (χ3n) is 8.39. The Morgan fingerprint density at radius 3 is 2.46 bits per heavy atom. The minimum atomic E-state index is -1.17. The second kappa shape index (κ2) is 18.3. The fourth-order valence-electron chi connectivity index (χ4n) is 5.64. The standard InChI is InChI=1S/C36H53N5O7/c1-25-13-15-29(22-28(25)23-37)47-21-18-27-12-9-19-41(24-27)35(46)40(5)20-17-30(39-34(45)48-36(2,3)4)32(42)38-31(33(43)44)16-14-26-10-7-6-8-11-26/h6-8,10-11,13,15,22,27,30-31H,9,12,14,16-21,23-24,37H2,1-5H3,(H,38,42)(H,39,45)(H,43,44)/t27?,30-,31-/m0/s1. The van der Waals surface area contributed by atoms with E-state index in [1.54, 1.807) is 27.8 Å². The Balaban J connectivity index is 1.57. The van der Waals surface area contributed by atoms with E-state index < -0.39 is 35.7 Å². The van der Waals surface area contributed by atoms with Crippen LogP contribution in [0.4, 0.5) is 9.59 Å². The maximum Gasteiger partial charge on any atom is 0.408 e. The summed E-state index contributed by atoms with van der Waals surface area (Å²) in [6, 6.07) is 12.8. The molecule has 12 nitrogen and oxygen atoms in total. The van der Waals surface area contributed by atoms with Crippen LogP contribution >= 0.6 is 0 Å². The number of carboxylic acids is 1. The Kier molecular flexibility index (Phi) is 14.5. The number of urea groups is 1. The number of piperidine rings is 1. The molecule has 1 aliphatic heterocycles. The molecule has 0 aromatic heterocycles. The number of amides is 4. The van der Waals surface area contributed by atoms with Crippen molar-refractivity contribution in [2.24, 2.45) is 11.7 Å². The van der Waals surface area contributed by atoms with Crippen molar-refractivity contribution in [1.29, 1.82) is 0 Å². The summed E-state index contributed by atoms with van der Waals surface area (Å²) in [4.78, 5) is 54.8. The summed E-state index contributed by atoms with van der Waals surface area (Å²) in [5.74, 6) is -0.764. The summed E-state index contributed by atoms with van der Waals surface area (Å²) >= 11 is 0. The third kappa shape index (κ3) is 12.7. The van der Waals surface area contributed by atoms with Crippen LogP contribution in [-0.2, 0) is 27.3 Å². The molecule has 4 amide bonds. The minimum absolute atomic E-state index is 0.0603. The van der Waals surface area contributed by atoms with Crippen LogP contribution < -0.4 is 21.1 Å². The smallest absolute Gasteiger partial charge is 0.408 e. The second-order valence-electron chi connectivity index (χ2n) is 13.5. The number of rotatable bonds is 15. The van der Waals surface area contributed by atoms with E-state index in [9.17, 15) is 24.3 Å². The number of hydrogen-bond donors (Lipinski definition) is 4. The topological polar surface area (TPSA) is 164 Å². The fourth-order valence-corrected chi connectivity index (χ4v) is 5.64. The number of hydrogen-bond acceptors (Lipinski definition) is 7. The van der Waals surface area contributed by atoms with E-state index in [-0.39, 0.29) is 31.3 Å². The first kappa shape index (κ1) is 38.1. The molecule has 0 radical (unpaired) electrons. The molecular weight excluding hydrogens is 614 g/mol. The van der Waals surface area contributed by atoms with Crippen LogP contribution in [0.2, 0.25) is 0 Å². The summed E-state index contributed by atoms with van der Waals surface area (Å²) in [6.07, 6.45) is 2.54. The van der Waals surface area contributed by atoms with Crippen LogP contribution in [0.25, 0.3) is 0 Å². The predicted molar refractivity (Wildman–Crippen MR) is 184 cm³/mol. The molecule has 0 spiro atoms. The molecule has 1 fully saturated rings. The van der Waals surface area contributed by atoms with Gasteiger partial charge in [0.25, 0.3) is 0 Å². The Hall–Kier alpha value is -4.32. The number of nitrogens with two attached hydrogens (primary N) is 1. The van der Waals surface area contributed by atoms with Crippen molar-refractivity contribution in [1.82, 2.24) is 20.4 Å². The zero-order valence-electron chi connectivity index (χ0n) is 29.0. The molecule has 0 bridgehead atoms. The van der Waals surface area contributed by atoms with Crippen LogP contribution in [0.15, 0.2) is 48.5 Å². The number of carboxylic acid groups (broad SMARTS) is 1. The number of aliphatic carboxylic acids is 1. The normalized spacial score (nSPS) is 16.0. The highest BCUT2D eigenvalue weighted by molar-refractivity contribution is 5.89. The average Bonchev–Trinajstić information content (AvgIpc) is 3.04. The molecule has 2 aromatic carbocycles. The SMILES string of the molecule is Cc1ccc(OCCC2CCCN(C(=O)N(C)CC[C@H](NC(=O)OC(C)(C)C)C(=O)N[C@@H](CCc3ccccc3)C(=O)O)C2)cc1CN. The molecule has 1 saturated heterocycles. The lowest BCUT2D eigenvalue weighted by Gasteiger charge is -2.35. The van der Waals surface area contributed by atoms with Crippen LogP contribution in [0.5, 0.6) is 5.75 Å². The van der Waals surface area contributed by atoms with Crippen LogP contribution in [0.1, 0.15) is 69.6 Å². The first-order valence-corrected chi connectivity index (χ1v) is 16.7. The monoisotopic (exact) mass is 667 g/mol. The molecule has 1 heterocycles. The van der Waals surface area contributed by atoms with Crippen molar-refractivity contribution in [3.63, 3.8) is 0 Å². The van der Waals surface area contributed by atoms with Crippen molar-refractivity contribution in [3.05, 3.63) is 65.2 Å². The Bertz CT molecular complexity index is 1360. The molecule has 48 heavy (non-hydrogen) atoms. The summed E-state index contributed by atoms with van der Waals surface area (Å²) in [6.45, 7) is 9.49. The quantitative estimate of drug-likeness (QED) is 0.216. The Morgan fingerprint density at radius 1 is 1.06 bits per heavy atom. The highest BCUT2D eigenvalue weighted by Gasteiger charge is 2.30. The first-order chi connectivity index (χ1) is 22.8. The van der Waals surface area contributed by atoms with E-state index in [2.05, 4.69) is 10.6 Å².